The Balaban J connectivity index is 2.06. The third kappa shape index (κ3) is 2.94. The van der Waals surface area contributed by atoms with E-state index in [-0.39, 0.29) is 33.8 Å². The lowest BCUT2D eigenvalue weighted by Gasteiger charge is -2.15. The molecule has 2 nitrogen and oxygen atoms in total. The average molecular weight is 427 g/mol. The molecule has 0 fully saturated rings. The molecule has 4 aromatic rings. The first kappa shape index (κ1) is 17.5. The molecule has 5 heteroatoms. The molecule has 4 aromatic carbocycles. The Morgan fingerprint density at radius 2 is 1.26 bits per heavy atom. The number of hydrogen-bond donors (Lipinski definition) is 2. The van der Waals surface area contributed by atoms with Crippen molar-refractivity contribution >= 4 is 26.7 Å². The lowest BCUT2D eigenvalue weighted by atomic mass is 9.93. The molecule has 0 aliphatic carbocycles. The van der Waals surface area contributed by atoms with Crippen LogP contribution < -0.4 is 0 Å². The van der Waals surface area contributed by atoms with Crippen LogP contribution in [0.2, 0.25) is 0 Å². The fourth-order valence-electron chi connectivity index (χ4n) is 3.25. The number of benzene rings is 4. The fraction of sp³-hybridized carbons (Fsp3) is 0. The van der Waals surface area contributed by atoms with E-state index in [1.807, 2.05) is 12.1 Å². The van der Waals surface area contributed by atoms with Crippen molar-refractivity contribution in [3.8, 4) is 33.8 Å². The van der Waals surface area contributed by atoms with Gasteiger partial charge in [-0.3, -0.25) is 0 Å². The lowest BCUT2D eigenvalue weighted by molar-refractivity contribution is 0.452. The van der Waals surface area contributed by atoms with Gasteiger partial charge in [-0.05, 0) is 29.0 Å². The number of phenolic OH excluding ortho intramolecular Hbond substituents is 2. The van der Waals surface area contributed by atoms with Gasteiger partial charge in [0.05, 0.1) is 0 Å². The molecule has 2 N–H and O–H groups in total. The van der Waals surface area contributed by atoms with Gasteiger partial charge in [0.2, 0.25) is 0 Å². The minimum atomic E-state index is -0.541. The Kier molecular flexibility index (Phi) is 4.32. The molecule has 0 saturated heterocycles. The molecular weight excluding hydrogens is 414 g/mol. The summed E-state index contributed by atoms with van der Waals surface area (Å²) in [4.78, 5) is 0. The third-order valence-electron chi connectivity index (χ3n) is 4.49. The second kappa shape index (κ2) is 6.67. The minimum absolute atomic E-state index is 0.165. The Morgan fingerprint density at radius 3 is 2.00 bits per heavy atom. The van der Waals surface area contributed by atoms with Crippen molar-refractivity contribution in [2.45, 2.75) is 0 Å². The molecule has 27 heavy (non-hydrogen) atoms. The molecule has 0 heterocycles. The summed E-state index contributed by atoms with van der Waals surface area (Å²) in [5.41, 5.74) is 0.696. The highest BCUT2D eigenvalue weighted by Crippen LogP contribution is 2.44. The highest BCUT2D eigenvalue weighted by Gasteiger charge is 2.19. The van der Waals surface area contributed by atoms with Crippen LogP contribution in [0, 0.1) is 11.6 Å². The van der Waals surface area contributed by atoms with Gasteiger partial charge >= 0.3 is 0 Å². The zero-order valence-electron chi connectivity index (χ0n) is 13.9. The number of fused-ring (bicyclic) bond motifs is 1. The van der Waals surface area contributed by atoms with Crippen molar-refractivity contribution < 1.29 is 19.0 Å². The van der Waals surface area contributed by atoms with Crippen molar-refractivity contribution in [1.82, 2.24) is 0 Å². The topological polar surface area (TPSA) is 40.5 Å². The van der Waals surface area contributed by atoms with Crippen molar-refractivity contribution in [3.63, 3.8) is 0 Å². The second-order valence-electron chi connectivity index (χ2n) is 6.13. The number of phenols is 2. The summed E-state index contributed by atoms with van der Waals surface area (Å²) in [7, 11) is 0. The third-order valence-corrected chi connectivity index (χ3v) is 5.15. The molecule has 0 unspecified atom stereocenters. The second-order valence-corrected chi connectivity index (χ2v) is 6.98. The van der Waals surface area contributed by atoms with Crippen LogP contribution in [0.5, 0.6) is 11.5 Å². The number of aromatic hydroxyl groups is 2. The first-order valence-corrected chi connectivity index (χ1v) is 8.94. The summed E-state index contributed by atoms with van der Waals surface area (Å²) < 4.78 is 29.7. The van der Waals surface area contributed by atoms with Gasteiger partial charge in [0.15, 0.2) is 0 Å². The van der Waals surface area contributed by atoms with Crippen molar-refractivity contribution in [1.29, 1.82) is 0 Å². The van der Waals surface area contributed by atoms with Crippen molar-refractivity contribution in [2.24, 2.45) is 0 Å². The summed E-state index contributed by atoms with van der Waals surface area (Å²) in [6.07, 6.45) is 0. The molecule has 0 bridgehead atoms. The quantitative estimate of drug-likeness (QED) is 0.377. The molecule has 0 amide bonds. The lowest BCUT2D eigenvalue weighted by Crippen LogP contribution is -1.92. The molecule has 0 spiro atoms. The minimum Gasteiger partial charge on any atom is -0.507 e. The van der Waals surface area contributed by atoms with E-state index in [1.54, 1.807) is 24.3 Å². The summed E-state index contributed by atoms with van der Waals surface area (Å²) in [5, 5.41) is 22.0. The van der Waals surface area contributed by atoms with E-state index in [1.165, 1.54) is 24.3 Å². The summed E-state index contributed by atoms with van der Waals surface area (Å²) in [6, 6.07) is 17.0. The molecule has 4 rings (SSSR count). The van der Waals surface area contributed by atoms with Crippen LogP contribution in [0.1, 0.15) is 0 Å². The SMILES string of the molecule is Oc1cc(O)c(-c2c(F)cc(Br)c3ccccc23)cc1-c1ccccc1F. The standard InChI is InChI=1S/C22H13BrF2O2/c23-17-10-19(25)22(14-7-2-1-5-12(14)17)16-9-15(20(26)11-21(16)27)13-6-3-4-8-18(13)24/h1-11,26-27H. The first-order chi connectivity index (χ1) is 13.0. The van der Waals surface area contributed by atoms with Crippen molar-refractivity contribution in [3.05, 3.63) is 82.8 Å². The Morgan fingerprint density at radius 1 is 0.630 bits per heavy atom. The molecule has 134 valence electrons. The van der Waals surface area contributed by atoms with Gasteiger partial charge in [0, 0.05) is 32.8 Å². The summed E-state index contributed by atoms with van der Waals surface area (Å²) >= 11 is 3.35. The molecule has 0 aromatic heterocycles. The van der Waals surface area contributed by atoms with Gasteiger partial charge in [-0.2, -0.15) is 0 Å². The van der Waals surface area contributed by atoms with Gasteiger partial charge in [-0.15, -0.1) is 0 Å². The first-order valence-electron chi connectivity index (χ1n) is 8.15. The zero-order chi connectivity index (χ0) is 19.1. The maximum atomic E-state index is 14.9. The van der Waals surface area contributed by atoms with E-state index in [0.717, 1.165) is 11.5 Å². The molecule has 0 atom stereocenters. The van der Waals surface area contributed by atoms with Crippen molar-refractivity contribution in [2.75, 3.05) is 0 Å². The van der Waals surface area contributed by atoms with Gasteiger partial charge in [0.25, 0.3) is 0 Å². The van der Waals surface area contributed by atoms with Crippen LogP contribution >= 0.6 is 15.9 Å². The number of halogens is 3. The van der Waals surface area contributed by atoms with Gasteiger partial charge in [0.1, 0.15) is 23.1 Å². The highest BCUT2D eigenvalue weighted by atomic mass is 79.9. The summed E-state index contributed by atoms with van der Waals surface area (Å²) in [6.45, 7) is 0. The monoisotopic (exact) mass is 426 g/mol. The van der Waals surface area contributed by atoms with E-state index in [4.69, 9.17) is 0 Å². The molecule has 0 aliphatic rings. The van der Waals surface area contributed by atoms with Gasteiger partial charge in [-0.1, -0.05) is 58.4 Å². The zero-order valence-corrected chi connectivity index (χ0v) is 15.5. The largest absolute Gasteiger partial charge is 0.507 e. The smallest absolute Gasteiger partial charge is 0.132 e. The van der Waals surface area contributed by atoms with Gasteiger partial charge < -0.3 is 10.2 Å². The predicted molar refractivity (Wildman–Crippen MR) is 106 cm³/mol. The van der Waals surface area contributed by atoms with E-state index < -0.39 is 11.6 Å². The van der Waals surface area contributed by atoms with Crippen LogP contribution in [-0.2, 0) is 0 Å². The van der Waals surface area contributed by atoms with E-state index in [2.05, 4.69) is 15.9 Å². The maximum absolute atomic E-state index is 14.9. The van der Waals surface area contributed by atoms with Crippen LogP contribution in [0.3, 0.4) is 0 Å². The van der Waals surface area contributed by atoms with Crippen LogP contribution in [0.15, 0.2) is 71.2 Å². The normalized spacial score (nSPS) is 11.1. The van der Waals surface area contributed by atoms with Crippen LogP contribution in [0.25, 0.3) is 33.0 Å². The van der Waals surface area contributed by atoms with Gasteiger partial charge in [-0.25, -0.2) is 8.78 Å². The Hall–Kier alpha value is -2.92. The van der Waals surface area contributed by atoms with E-state index >= 15 is 0 Å². The molecular formula is C22H13BrF2O2. The highest BCUT2D eigenvalue weighted by molar-refractivity contribution is 9.10. The number of rotatable bonds is 2. The fourth-order valence-corrected chi connectivity index (χ4v) is 3.79. The van der Waals surface area contributed by atoms with Crippen LogP contribution in [-0.4, -0.2) is 10.2 Å². The molecule has 0 saturated carbocycles. The Labute approximate surface area is 162 Å². The van der Waals surface area contributed by atoms with E-state index in [0.29, 0.717) is 9.86 Å². The number of hydrogen-bond acceptors (Lipinski definition) is 2. The van der Waals surface area contributed by atoms with E-state index in [9.17, 15) is 19.0 Å². The average Bonchev–Trinajstić information content (AvgIpc) is 2.64. The summed E-state index contributed by atoms with van der Waals surface area (Å²) in [5.74, 6) is -1.64. The van der Waals surface area contributed by atoms with Crippen LogP contribution in [0.4, 0.5) is 8.78 Å². The molecule has 0 radical (unpaired) electrons. The Bertz CT molecular complexity index is 1190. The maximum Gasteiger partial charge on any atom is 0.132 e. The predicted octanol–water partition coefficient (Wildman–Crippen LogP) is 6.63. The molecule has 0 aliphatic heterocycles.